The van der Waals surface area contributed by atoms with Crippen LogP contribution in [-0.4, -0.2) is 51.1 Å². The van der Waals surface area contributed by atoms with E-state index in [-0.39, 0.29) is 5.91 Å². The minimum absolute atomic E-state index is 0.154. The molecule has 0 radical (unpaired) electrons. The first-order chi connectivity index (χ1) is 7.26. The predicted molar refractivity (Wildman–Crippen MR) is 61.8 cm³/mol. The summed E-state index contributed by atoms with van der Waals surface area (Å²) in [6.45, 7) is 4.56. The SMILES string of the molecule is CNCC1CCN(CCCC(=O)NC)C1. The topological polar surface area (TPSA) is 44.4 Å². The van der Waals surface area contributed by atoms with E-state index < -0.39 is 0 Å². The molecule has 1 atom stereocenters. The second-order valence-electron chi connectivity index (χ2n) is 4.29. The molecule has 1 aliphatic heterocycles. The Morgan fingerprint density at radius 2 is 2.27 bits per heavy atom. The molecule has 1 rings (SSSR count). The monoisotopic (exact) mass is 213 g/mol. The molecule has 1 aliphatic rings. The lowest BCUT2D eigenvalue weighted by Gasteiger charge is -2.15. The van der Waals surface area contributed by atoms with Crippen molar-refractivity contribution in [1.29, 1.82) is 0 Å². The Morgan fingerprint density at radius 1 is 1.47 bits per heavy atom. The van der Waals surface area contributed by atoms with E-state index in [9.17, 15) is 4.79 Å². The van der Waals surface area contributed by atoms with Crippen LogP contribution in [0.3, 0.4) is 0 Å². The summed E-state index contributed by atoms with van der Waals surface area (Å²) in [5.74, 6) is 0.955. The van der Waals surface area contributed by atoms with Gasteiger partial charge in [0.15, 0.2) is 0 Å². The molecule has 0 aromatic rings. The Balaban J connectivity index is 2.06. The number of carbonyl (C=O) groups excluding carboxylic acids is 1. The fourth-order valence-electron chi connectivity index (χ4n) is 2.16. The van der Waals surface area contributed by atoms with Crippen LogP contribution >= 0.6 is 0 Å². The van der Waals surface area contributed by atoms with E-state index >= 15 is 0 Å². The number of amides is 1. The normalized spacial score (nSPS) is 21.9. The third kappa shape index (κ3) is 4.62. The highest BCUT2D eigenvalue weighted by molar-refractivity contribution is 5.75. The lowest BCUT2D eigenvalue weighted by atomic mass is 10.1. The minimum atomic E-state index is 0.154. The van der Waals surface area contributed by atoms with Gasteiger partial charge < -0.3 is 15.5 Å². The summed E-state index contributed by atoms with van der Waals surface area (Å²) in [5, 5.41) is 5.87. The van der Waals surface area contributed by atoms with Gasteiger partial charge in [-0.2, -0.15) is 0 Å². The highest BCUT2D eigenvalue weighted by Crippen LogP contribution is 2.15. The lowest BCUT2D eigenvalue weighted by molar-refractivity contribution is -0.120. The summed E-state index contributed by atoms with van der Waals surface area (Å²) in [5.41, 5.74) is 0. The zero-order valence-electron chi connectivity index (χ0n) is 9.88. The highest BCUT2D eigenvalue weighted by Gasteiger charge is 2.21. The van der Waals surface area contributed by atoms with Gasteiger partial charge in [0.1, 0.15) is 0 Å². The number of nitrogens with zero attached hydrogens (tertiary/aromatic N) is 1. The van der Waals surface area contributed by atoms with Crippen molar-refractivity contribution in [3.63, 3.8) is 0 Å². The molecule has 0 bridgehead atoms. The highest BCUT2D eigenvalue weighted by atomic mass is 16.1. The van der Waals surface area contributed by atoms with E-state index in [0.29, 0.717) is 6.42 Å². The number of hydrogen-bond acceptors (Lipinski definition) is 3. The molecule has 0 aromatic heterocycles. The molecule has 1 amide bonds. The number of nitrogens with one attached hydrogen (secondary N) is 2. The average Bonchev–Trinajstić information content (AvgIpc) is 2.66. The third-order valence-electron chi connectivity index (χ3n) is 3.02. The molecular formula is C11H23N3O. The van der Waals surface area contributed by atoms with Crippen molar-refractivity contribution >= 4 is 5.91 Å². The van der Waals surface area contributed by atoms with Crippen LogP contribution in [0.2, 0.25) is 0 Å². The van der Waals surface area contributed by atoms with E-state index in [4.69, 9.17) is 0 Å². The maximum Gasteiger partial charge on any atom is 0.219 e. The number of rotatable bonds is 6. The average molecular weight is 213 g/mol. The van der Waals surface area contributed by atoms with Gasteiger partial charge in [0.2, 0.25) is 5.91 Å². The molecule has 88 valence electrons. The van der Waals surface area contributed by atoms with Crippen molar-refractivity contribution in [3.8, 4) is 0 Å². The van der Waals surface area contributed by atoms with E-state index in [1.54, 1.807) is 7.05 Å². The van der Waals surface area contributed by atoms with E-state index in [0.717, 1.165) is 25.4 Å². The first kappa shape index (κ1) is 12.5. The van der Waals surface area contributed by atoms with Crippen molar-refractivity contribution < 1.29 is 4.79 Å². The maximum absolute atomic E-state index is 11.0. The zero-order chi connectivity index (χ0) is 11.1. The third-order valence-corrected chi connectivity index (χ3v) is 3.02. The van der Waals surface area contributed by atoms with Gasteiger partial charge in [0.05, 0.1) is 0 Å². The van der Waals surface area contributed by atoms with Crippen molar-refractivity contribution in [2.45, 2.75) is 19.3 Å². The molecule has 15 heavy (non-hydrogen) atoms. The van der Waals surface area contributed by atoms with Crippen LogP contribution in [0.4, 0.5) is 0 Å². The molecule has 4 nitrogen and oxygen atoms in total. The van der Waals surface area contributed by atoms with Crippen LogP contribution in [0.25, 0.3) is 0 Å². The molecule has 0 aliphatic carbocycles. The van der Waals surface area contributed by atoms with E-state index in [1.807, 2.05) is 7.05 Å². The summed E-state index contributed by atoms with van der Waals surface area (Å²) in [6, 6.07) is 0. The van der Waals surface area contributed by atoms with Gasteiger partial charge in [-0.3, -0.25) is 4.79 Å². The fourth-order valence-corrected chi connectivity index (χ4v) is 2.16. The molecule has 0 spiro atoms. The Labute approximate surface area is 92.4 Å². The van der Waals surface area contributed by atoms with Gasteiger partial charge in [-0.1, -0.05) is 0 Å². The standard InChI is InChI=1S/C11H23N3O/c1-12-8-10-5-7-14(9-10)6-3-4-11(15)13-2/h10,12H,3-9H2,1-2H3,(H,13,15). The van der Waals surface area contributed by atoms with Gasteiger partial charge in [0.25, 0.3) is 0 Å². The van der Waals surface area contributed by atoms with E-state index in [2.05, 4.69) is 15.5 Å². The molecule has 1 fully saturated rings. The molecule has 4 heteroatoms. The summed E-state index contributed by atoms with van der Waals surface area (Å²) < 4.78 is 0. The van der Waals surface area contributed by atoms with Gasteiger partial charge in [-0.15, -0.1) is 0 Å². The molecule has 0 saturated carbocycles. The van der Waals surface area contributed by atoms with Crippen LogP contribution in [0, 0.1) is 5.92 Å². The Hall–Kier alpha value is -0.610. The van der Waals surface area contributed by atoms with Crippen LogP contribution in [0.15, 0.2) is 0 Å². The lowest BCUT2D eigenvalue weighted by Crippen LogP contribution is -2.26. The smallest absolute Gasteiger partial charge is 0.219 e. The van der Waals surface area contributed by atoms with Crippen molar-refractivity contribution in [1.82, 2.24) is 15.5 Å². The minimum Gasteiger partial charge on any atom is -0.359 e. The number of carbonyl (C=O) groups is 1. The quantitative estimate of drug-likeness (QED) is 0.655. The van der Waals surface area contributed by atoms with Gasteiger partial charge in [0, 0.05) is 20.0 Å². The van der Waals surface area contributed by atoms with Gasteiger partial charge in [-0.05, 0) is 45.4 Å². The first-order valence-electron chi connectivity index (χ1n) is 5.83. The Kier molecular flexibility index (Phi) is 5.65. The van der Waals surface area contributed by atoms with Gasteiger partial charge in [-0.25, -0.2) is 0 Å². The van der Waals surface area contributed by atoms with Crippen LogP contribution in [0.5, 0.6) is 0 Å². The maximum atomic E-state index is 11.0. The number of likely N-dealkylation sites (tertiary alicyclic amines) is 1. The molecule has 1 unspecified atom stereocenters. The summed E-state index contributed by atoms with van der Waals surface area (Å²) >= 11 is 0. The molecular weight excluding hydrogens is 190 g/mol. The van der Waals surface area contributed by atoms with Crippen molar-refractivity contribution in [2.24, 2.45) is 5.92 Å². The largest absolute Gasteiger partial charge is 0.359 e. The Bertz CT molecular complexity index is 196. The van der Waals surface area contributed by atoms with Gasteiger partial charge >= 0.3 is 0 Å². The molecule has 2 N–H and O–H groups in total. The Morgan fingerprint density at radius 3 is 2.93 bits per heavy atom. The second-order valence-corrected chi connectivity index (χ2v) is 4.29. The summed E-state index contributed by atoms with van der Waals surface area (Å²) in [4.78, 5) is 13.5. The number of hydrogen-bond donors (Lipinski definition) is 2. The zero-order valence-corrected chi connectivity index (χ0v) is 9.88. The van der Waals surface area contributed by atoms with Crippen LogP contribution in [-0.2, 0) is 4.79 Å². The van der Waals surface area contributed by atoms with Crippen LogP contribution < -0.4 is 10.6 Å². The van der Waals surface area contributed by atoms with E-state index in [1.165, 1.54) is 19.5 Å². The predicted octanol–water partition coefficient (Wildman–Crippen LogP) is 0.0539. The van der Waals surface area contributed by atoms with Crippen molar-refractivity contribution in [3.05, 3.63) is 0 Å². The summed E-state index contributed by atoms with van der Waals surface area (Å²) in [6.07, 6.45) is 2.93. The molecule has 1 saturated heterocycles. The van der Waals surface area contributed by atoms with Crippen LogP contribution in [0.1, 0.15) is 19.3 Å². The molecule has 1 heterocycles. The first-order valence-corrected chi connectivity index (χ1v) is 5.83. The summed E-state index contributed by atoms with van der Waals surface area (Å²) in [7, 11) is 3.70. The molecule has 0 aromatic carbocycles. The van der Waals surface area contributed by atoms with Crippen molar-refractivity contribution in [2.75, 3.05) is 40.3 Å². The fraction of sp³-hybridized carbons (Fsp3) is 0.909. The second kappa shape index (κ2) is 6.80.